The average Bonchev–Trinajstić information content (AvgIpc) is 2.55. The van der Waals surface area contributed by atoms with Crippen molar-refractivity contribution in [1.29, 1.82) is 0 Å². The Morgan fingerprint density at radius 2 is 2.05 bits per heavy atom. The van der Waals surface area contributed by atoms with Gasteiger partial charge in [-0.25, -0.2) is 0 Å². The van der Waals surface area contributed by atoms with Crippen molar-refractivity contribution in [2.75, 3.05) is 43.1 Å². The molecule has 1 atom stereocenters. The highest BCUT2D eigenvalue weighted by Gasteiger charge is 2.27. The Morgan fingerprint density at radius 1 is 1.32 bits per heavy atom. The molecule has 5 heteroatoms. The number of carbonyl (C=O) groups is 1. The largest absolute Gasteiger partial charge is 0.497 e. The molecule has 1 aromatic carbocycles. The van der Waals surface area contributed by atoms with Crippen LogP contribution in [0.4, 0.5) is 5.69 Å². The lowest BCUT2D eigenvalue weighted by atomic mass is 10.1. The van der Waals surface area contributed by atoms with E-state index < -0.39 is 0 Å². The molecular weight excluding hydrogens is 296 g/mol. The normalized spacial score (nSPS) is 18.4. The molecule has 0 radical (unpaired) electrons. The van der Waals surface area contributed by atoms with Gasteiger partial charge in [0.2, 0.25) is 5.91 Å². The third kappa shape index (κ3) is 4.32. The summed E-state index contributed by atoms with van der Waals surface area (Å²) < 4.78 is 5.20. The standard InChI is InChI=1S/C17H26N2O2S/c1-4-11-22-13-17(20)19-10-9-18(12-14(19)2)15-5-7-16(21-3)8-6-15/h5-8,14H,4,9-13H2,1-3H3. The first-order valence-corrected chi connectivity index (χ1v) is 9.07. The van der Waals surface area contributed by atoms with Crippen LogP contribution in [-0.2, 0) is 4.79 Å². The van der Waals surface area contributed by atoms with Crippen molar-refractivity contribution in [3.63, 3.8) is 0 Å². The number of carbonyl (C=O) groups excluding carboxylic acids is 1. The summed E-state index contributed by atoms with van der Waals surface area (Å²) in [7, 11) is 1.68. The first-order valence-electron chi connectivity index (χ1n) is 7.92. The molecule has 1 unspecified atom stereocenters. The number of hydrogen-bond donors (Lipinski definition) is 0. The van der Waals surface area contributed by atoms with Gasteiger partial charge in [0.1, 0.15) is 5.75 Å². The van der Waals surface area contributed by atoms with Crippen molar-refractivity contribution >= 4 is 23.4 Å². The molecule has 4 nitrogen and oxygen atoms in total. The number of ether oxygens (including phenoxy) is 1. The Balaban J connectivity index is 1.89. The number of benzene rings is 1. The number of nitrogens with zero attached hydrogens (tertiary/aromatic N) is 2. The van der Waals surface area contributed by atoms with E-state index in [1.165, 1.54) is 5.69 Å². The fourth-order valence-electron chi connectivity index (χ4n) is 2.74. The first-order chi connectivity index (χ1) is 10.7. The SMILES string of the molecule is CCCSCC(=O)N1CCN(c2ccc(OC)cc2)CC1C. The van der Waals surface area contributed by atoms with E-state index in [-0.39, 0.29) is 11.9 Å². The van der Waals surface area contributed by atoms with Crippen molar-refractivity contribution in [3.05, 3.63) is 24.3 Å². The van der Waals surface area contributed by atoms with E-state index >= 15 is 0 Å². The van der Waals surface area contributed by atoms with Gasteiger partial charge in [-0.15, -0.1) is 0 Å². The minimum Gasteiger partial charge on any atom is -0.497 e. The summed E-state index contributed by atoms with van der Waals surface area (Å²) in [5, 5.41) is 0. The van der Waals surface area contributed by atoms with Gasteiger partial charge in [0, 0.05) is 31.4 Å². The molecule has 1 heterocycles. The second-order valence-corrected chi connectivity index (χ2v) is 6.74. The Hall–Kier alpha value is -1.36. The molecule has 0 aliphatic carbocycles. The minimum atomic E-state index is 0.255. The summed E-state index contributed by atoms with van der Waals surface area (Å²) in [6.45, 7) is 6.86. The zero-order valence-electron chi connectivity index (χ0n) is 13.7. The van der Waals surface area contributed by atoms with Gasteiger partial charge in [-0.2, -0.15) is 11.8 Å². The lowest BCUT2D eigenvalue weighted by molar-refractivity contribution is -0.130. The van der Waals surface area contributed by atoms with E-state index in [0.29, 0.717) is 5.75 Å². The fourth-order valence-corrected chi connectivity index (χ4v) is 3.52. The van der Waals surface area contributed by atoms with Gasteiger partial charge in [0.25, 0.3) is 0 Å². The Morgan fingerprint density at radius 3 is 2.64 bits per heavy atom. The summed E-state index contributed by atoms with van der Waals surface area (Å²) >= 11 is 1.74. The molecule has 0 N–H and O–H groups in total. The average molecular weight is 322 g/mol. The highest BCUT2D eigenvalue weighted by atomic mass is 32.2. The number of hydrogen-bond acceptors (Lipinski definition) is 4. The van der Waals surface area contributed by atoms with E-state index in [0.717, 1.165) is 37.6 Å². The molecule has 22 heavy (non-hydrogen) atoms. The van der Waals surface area contributed by atoms with Gasteiger partial charge < -0.3 is 14.5 Å². The van der Waals surface area contributed by atoms with Crippen molar-refractivity contribution in [3.8, 4) is 5.75 Å². The van der Waals surface area contributed by atoms with E-state index in [1.807, 2.05) is 17.0 Å². The molecule has 2 rings (SSSR count). The van der Waals surface area contributed by atoms with Crippen LogP contribution in [0.25, 0.3) is 0 Å². The molecule has 0 aromatic heterocycles. The molecule has 1 saturated heterocycles. The van der Waals surface area contributed by atoms with Gasteiger partial charge in [0.05, 0.1) is 12.9 Å². The maximum Gasteiger partial charge on any atom is 0.232 e. The maximum atomic E-state index is 12.3. The van der Waals surface area contributed by atoms with Gasteiger partial charge in [-0.1, -0.05) is 6.92 Å². The fraction of sp³-hybridized carbons (Fsp3) is 0.588. The monoisotopic (exact) mass is 322 g/mol. The zero-order valence-corrected chi connectivity index (χ0v) is 14.6. The molecule has 122 valence electrons. The second kappa shape index (κ2) is 8.32. The second-order valence-electron chi connectivity index (χ2n) is 5.63. The minimum absolute atomic E-state index is 0.255. The predicted molar refractivity (Wildman–Crippen MR) is 94.0 cm³/mol. The highest BCUT2D eigenvalue weighted by Crippen LogP contribution is 2.22. The van der Waals surface area contributed by atoms with Gasteiger partial charge in [-0.3, -0.25) is 4.79 Å². The summed E-state index contributed by atoms with van der Waals surface area (Å²) in [6.07, 6.45) is 1.12. The van der Waals surface area contributed by atoms with Crippen LogP contribution in [0.1, 0.15) is 20.3 Å². The Kier molecular flexibility index (Phi) is 6.43. The summed E-state index contributed by atoms with van der Waals surface area (Å²) in [4.78, 5) is 16.7. The third-order valence-electron chi connectivity index (χ3n) is 3.96. The molecule has 1 aliphatic rings. The van der Waals surface area contributed by atoms with E-state index in [2.05, 4.69) is 30.9 Å². The van der Waals surface area contributed by atoms with Crippen LogP contribution in [-0.4, -0.2) is 55.1 Å². The quantitative estimate of drug-likeness (QED) is 0.754. The van der Waals surface area contributed by atoms with E-state index in [9.17, 15) is 4.79 Å². The van der Waals surface area contributed by atoms with Crippen molar-refractivity contribution < 1.29 is 9.53 Å². The predicted octanol–water partition coefficient (Wildman–Crippen LogP) is 2.88. The van der Waals surface area contributed by atoms with E-state index in [4.69, 9.17) is 4.74 Å². The van der Waals surface area contributed by atoms with Gasteiger partial charge in [0.15, 0.2) is 0 Å². The van der Waals surface area contributed by atoms with Crippen LogP contribution < -0.4 is 9.64 Å². The molecule has 0 bridgehead atoms. The van der Waals surface area contributed by atoms with Crippen molar-refractivity contribution in [1.82, 2.24) is 4.90 Å². The van der Waals surface area contributed by atoms with Crippen molar-refractivity contribution in [2.24, 2.45) is 0 Å². The molecule has 1 aromatic rings. The van der Waals surface area contributed by atoms with Crippen LogP contribution in [0.3, 0.4) is 0 Å². The van der Waals surface area contributed by atoms with Crippen LogP contribution in [0.2, 0.25) is 0 Å². The van der Waals surface area contributed by atoms with Crippen LogP contribution in [0, 0.1) is 0 Å². The molecular formula is C17H26N2O2S. The number of piperazine rings is 1. The molecule has 1 amide bonds. The maximum absolute atomic E-state index is 12.3. The zero-order chi connectivity index (χ0) is 15.9. The number of methoxy groups -OCH3 is 1. The van der Waals surface area contributed by atoms with Crippen LogP contribution >= 0.6 is 11.8 Å². The van der Waals surface area contributed by atoms with Crippen LogP contribution in [0.5, 0.6) is 5.75 Å². The lowest BCUT2D eigenvalue weighted by Crippen LogP contribution is -2.54. The first kappa shape index (κ1) is 17.0. The topological polar surface area (TPSA) is 32.8 Å². The molecule has 0 saturated carbocycles. The number of anilines is 1. The lowest BCUT2D eigenvalue weighted by Gasteiger charge is -2.41. The molecule has 0 spiro atoms. The molecule has 1 fully saturated rings. The smallest absolute Gasteiger partial charge is 0.232 e. The summed E-state index contributed by atoms with van der Waals surface area (Å²) in [5.41, 5.74) is 1.19. The van der Waals surface area contributed by atoms with E-state index in [1.54, 1.807) is 18.9 Å². The Labute approximate surface area is 137 Å². The number of rotatable bonds is 6. The summed E-state index contributed by atoms with van der Waals surface area (Å²) in [5.74, 6) is 2.83. The third-order valence-corrected chi connectivity index (χ3v) is 5.11. The number of amides is 1. The van der Waals surface area contributed by atoms with Crippen LogP contribution in [0.15, 0.2) is 24.3 Å². The summed E-state index contributed by atoms with van der Waals surface area (Å²) in [6, 6.07) is 8.39. The molecule has 1 aliphatic heterocycles. The van der Waals surface area contributed by atoms with Crippen molar-refractivity contribution in [2.45, 2.75) is 26.3 Å². The van der Waals surface area contributed by atoms with Gasteiger partial charge in [-0.05, 0) is 43.4 Å². The Bertz CT molecular complexity index is 478. The van der Waals surface area contributed by atoms with Gasteiger partial charge >= 0.3 is 0 Å². The number of thioether (sulfide) groups is 1. The highest BCUT2D eigenvalue weighted by molar-refractivity contribution is 7.99.